The van der Waals surface area contributed by atoms with Crippen molar-refractivity contribution in [1.82, 2.24) is 5.32 Å². The van der Waals surface area contributed by atoms with Crippen molar-refractivity contribution in [1.29, 1.82) is 0 Å². The predicted molar refractivity (Wildman–Crippen MR) is 114 cm³/mol. The van der Waals surface area contributed by atoms with E-state index < -0.39 is 0 Å². The van der Waals surface area contributed by atoms with Gasteiger partial charge in [-0.3, -0.25) is 4.79 Å². The van der Waals surface area contributed by atoms with Gasteiger partial charge < -0.3 is 19.7 Å². The number of benzene rings is 2. The number of methoxy groups -OCH3 is 2. The number of fused-ring (bicyclic) bond motifs is 1. The summed E-state index contributed by atoms with van der Waals surface area (Å²) in [5.41, 5.74) is 3.00. The highest BCUT2D eigenvalue weighted by atomic mass is 19.1. The summed E-state index contributed by atoms with van der Waals surface area (Å²) in [5, 5.41) is 3.10. The Hall–Kier alpha value is -2.60. The van der Waals surface area contributed by atoms with Gasteiger partial charge in [0.2, 0.25) is 5.91 Å². The lowest BCUT2D eigenvalue weighted by atomic mass is 9.91. The van der Waals surface area contributed by atoms with Gasteiger partial charge in [0.25, 0.3) is 0 Å². The standard InChI is InChI=1S/C24H31FN2O3/c1-16(2)11-24(28)26-14-21-19-13-23(30-4)22(29-3)12-17(19)9-10-27(21)15-18-7-5-6-8-20(18)25/h5-8,12-13,16,21H,9-11,14-15H2,1-4H3,(H,26,28)/p+1/t21-/m1/s1. The molecule has 6 heteroatoms. The van der Waals surface area contributed by atoms with E-state index in [2.05, 4.69) is 5.32 Å². The Morgan fingerprint density at radius 2 is 1.90 bits per heavy atom. The molecule has 3 rings (SSSR count). The number of quaternary nitrogens is 1. The van der Waals surface area contributed by atoms with Crippen molar-refractivity contribution >= 4 is 5.91 Å². The first-order valence-corrected chi connectivity index (χ1v) is 10.5. The third-order valence-electron chi connectivity index (χ3n) is 5.70. The molecule has 5 nitrogen and oxygen atoms in total. The molecule has 1 unspecified atom stereocenters. The molecule has 0 saturated heterocycles. The molecule has 0 fully saturated rings. The van der Waals surface area contributed by atoms with Crippen molar-refractivity contribution in [3.05, 3.63) is 58.9 Å². The number of carbonyl (C=O) groups is 1. The minimum atomic E-state index is -0.189. The number of rotatable bonds is 8. The minimum absolute atomic E-state index is 0.00396. The molecule has 2 aromatic carbocycles. The Bertz CT molecular complexity index is 885. The number of hydrogen-bond acceptors (Lipinski definition) is 3. The van der Waals surface area contributed by atoms with Gasteiger partial charge in [-0.2, -0.15) is 0 Å². The highest BCUT2D eigenvalue weighted by Crippen LogP contribution is 2.34. The lowest BCUT2D eigenvalue weighted by molar-refractivity contribution is -0.946. The number of amides is 1. The maximum Gasteiger partial charge on any atom is 0.220 e. The van der Waals surface area contributed by atoms with Gasteiger partial charge in [-0.05, 0) is 29.7 Å². The van der Waals surface area contributed by atoms with Crippen LogP contribution >= 0.6 is 0 Å². The Balaban J connectivity index is 1.91. The zero-order chi connectivity index (χ0) is 21.7. The van der Waals surface area contributed by atoms with Crippen molar-refractivity contribution in [3.8, 4) is 11.5 Å². The Morgan fingerprint density at radius 3 is 2.57 bits per heavy atom. The molecule has 2 N–H and O–H groups in total. The third kappa shape index (κ3) is 5.11. The van der Waals surface area contributed by atoms with E-state index in [1.807, 2.05) is 38.1 Å². The summed E-state index contributed by atoms with van der Waals surface area (Å²) < 4.78 is 25.3. The highest BCUT2D eigenvalue weighted by molar-refractivity contribution is 5.76. The summed E-state index contributed by atoms with van der Waals surface area (Å²) in [5.74, 6) is 1.53. The van der Waals surface area contributed by atoms with Crippen molar-refractivity contribution in [2.24, 2.45) is 5.92 Å². The predicted octanol–water partition coefficient (Wildman–Crippen LogP) is 2.69. The SMILES string of the molecule is COc1cc2c(cc1OC)[C@@H](CNC(=O)CC(C)C)[NH+](Cc1ccccc1F)CC2. The fourth-order valence-electron chi connectivity index (χ4n) is 4.18. The summed E-state index contributed by atoms with van der Waals surface area (Å²) in [6, 6.07) is 10.9. The fraction of sp³-hybridized carbons (Fsp3) is 0.458. The van der Waals surface area contributed by atoms with Crippen LogP contribution in [-0.2, 0) is 17.8 Å². The summed E-state index contributed by atoms with van der Waals surface area (Å²) >= 11 is 0. The maximum absolute atomic E-state index is 14.3. The van der Waals surface area contributed by atoms with Crippen LogP contribution in [0.15, 0.2) is 36.4 Å². The van der Waals surface area contributed by atoms with Gasteiger partial charge in [-0.15, -0.1) is 0 Å². The lowest BCUT2D eigenvalue weighted by Crippen LogP contribution is -3.12. The second kappa shape index (κ2) is 9.94. The smallest absolute Gasteiger partial charge is 0.220 e. The van der Waals surface area contributed by atoms with E-state index in [1.165, 1.54) is 16.5 Å². The molecular weight excluding hydrogens is 383 g/mol. The van der Waals surface area contributed by atoms with Gasteiger partial charge in [0.15, 0.2) is 11.5 Å². The molecule has 0 spiro atoms. The van der Waals surface area contributed by atoms with Crippen molar-refractivity contribution < 1.29 is 23.6 Å². The van der Waals surface area contributed by atoms with Crippen LogP contribution < -0.4 is 19.7 Å². The Morgan fingerprint density at radius 1 is 1.20 bits per heavy atom. The zero-order valence-corrected chi connectivity index (χ0v) is 18.3. The first kappa shape index (κ1) is 22.1. The second-order valence-electron chi connectivity index (χ2n) is 8.29. The average Bonchev–Trinajstić information content (AvgIpc) is 2.72. The number of carbonyl (C=O) groups excluding carboxylic acids is 1. The summed E-state index contributed by atoms with van der Waals surface area (Å²) in [6.07, 6.45) is 1.35. The molecule has 2 atom stereocenters. The van der Waals surface area contributed by atoms with Crippen LogP contribution in [0, 0.1) is 11.7 Å². The topological polar surface area (TPSA) is 52.0 Å². The number of ether oxygens (including phenoxy) is 2. The quantitative estimate of drug-likeness (QED) is 0.697. The highest BCUT2D eigenvalue weighted by Gasteiger charge is 2.33. The van der Waals surface area contributed by atoms with Gasteiger partial charge in [-0.1, -0.05) is 32.0 Å². The van der Waals surface area contributed by atoms with Gasteiger partial charge in [0.05, 0.1) is 27.3 Å². The van der Waals surface area contributed by atoms with E-state index in [0.717, 1.165) is 18.5 Å². The van der Waals surface area contributed by atoms with E-state index >= 15 is 0 Å². The molecule has 162 valence electrons. The summed E-state index contributed by atoms with van der Waals surface area (Å²) in [7, 11) is 3.25. The molecule has 0 bridgehead atoms. The third-order valence-corrected chi connectivity index (χ3v) is 5.70. The molecule has 1 aliphatic heterocycles. The summed E-state index contributed by atoms with van der Waals surface area (Å²) in [4.78, 5) is 13.6. The monoisotopic (exact) mass is 415 g/mol. The van der Waals surface area contributed by atoms with Crippen LogP contribution in [0.1, 0.15) is 43.0 Å². The van der Waals surface area contributed by atoms with Crippen LogP contribution in [0.4, 0.5) is 4.39 Å². The van der Waals surface area contributed by atoms with Crippen molar-refractivity contribution in [2.75, 3.05) is 27.3 Å². The van der Waals surface area contributed by atoms with E-state index in [0.29, 0.717) is 42.5 Å². The Labute approximate surface area is 178 Å². The van der Waals surface area contributed by atoms with Crippen molar-refractivity contribution in [3.63, 3.8) is 0 Å². The average molecular weight is 416 g/mol. The van der Waals surface area contributed by atoms with Gasteiger partial charge in [0, 0.05) is 24.0 Å². The number of halogens is 1. The van der Waals surface area contributed by atoms with Gasteiger partial charge >= 0.3 is 0 Å². The van der Waals surface area contributed by atoms with Crippen LogP contribution in [0.3, 0.4) is 0 Å². The molecule has 1 aliphatic rings. The molecule has 0 aromatic heterocycles. The zero-order valence-electron chi connectivity index (χ0n) is 18.3. The summed E-state index contributed by atoms with van der Waals surface area (Å²) in [6.45, 7) is 5.97. The first-order chi connectivity index (χ1) is 14.4. The molecule has 1 amide bonds. The molecular formula is C24H32FN2O3+. The Kier molecular flexibility index (Phi) is 7.32. The van der Waals surface area contributed by atoms with E-state index in [9.17, 15) is 9.18 Å². The van der Waals surface area contributed by atoms with Crippen LogP contribution in [0.5, 0.6) is 11.5 Å². The fourth-order valence-corrected chi connectivity index (χ4v) is 4.18. The van der Waals surface area contributed by atoms with E-state index in [4.69, 9.17) is 9.47 Å². The molecule has 0 radical (unpaired) electrons. The first-order valence-electron chi connectivity index (χ1n) is 10.5. The molecule has 1 heterocycles. The van der Waals surface area contributed by atoms with Gasteiger partial charge in [-0.25, -0.2) is 4.39 Å². The molecule has 0 saturated carbocycles. The lowest BCUT2D eigenvalue weighted by Gasteiger charge is -2.35. The van der Waals surface area contributed by atoms with Crippen LogP contribution in [0.25, 0.3) is 0 Å². The van der Waals surface area contributed by atoms with Crippen molar-refractivity contribution in [2.45, 2.75) is 39.3 Å². The largest absolute Gasteiger partial charge is 0.493 e. The molecule has 2 aromatic rings. The normalized spacial score (nSPS) is 18.1. The maximum atomic E-state index is 14.3. The van der Waals surface area contributed by atoms with E-state index in [-0.39, 0.29) is 17.8 Å². The van der Waals surface area contributed by atoms with Gasteiger partial charge in [0.1, 0.15) is 18.4 Å². The molecule has 0 aliphatic carbocycles. The molecule has 30 heavy (non-hydrogen) atoms. The van der Waals surface area contributed by atoms with E-state index in [1.54, 1.807) is 20.3 Å². The minimum Gasteiger partial charge on any atom is -0.493 e. The van der Waals surface area contributed by atoms with Crippen LogP contribution in [-0.4, -0.2) is 33.2 Å². The number of hydrogen-bond donors (Lipinski definition) is 2. The number of nitrogens with one attached hydrogen (secondary N) is 2. The van der Waals surface area contributed by atoms with Crippen LogP contribution in [0.2, 0.25) is 0 Å². The second-order valence-corrected chi connectivity index (χ2v) is 8.29.